The smallest absolute Gasteiger partial charge is 0.136 e. The van der Waals surface area contributed by atoms with Crippen LogP contribution in [0.25, 0.3) is 0 Å². The Hall–Kier alpha value is -2.32. The molecule has 92 valence electrons. The van der Waals surface area contributed by atoms with Crippen LogP contribution in [0.4, 0.5) is 0 Å². The minimum absolute atomic E-state index is 0.554. The average Bonchev–Trinajstić information content (AvgIpc) is 2.91. The van der Waals surface area contributed by atoms with Crippen molar-refractivity contribution < 1.29 is 4.74 Å². The summed E-state index contributed by atoms with van der Waals surface area (Å²) in [6.07, 6.45) is 3.43. The summed E-state index contributed by atoms with van der Waals surface area (Å²) in [4.78, 5) is 6.96. The van der Waals surface area contributed by atoms with Crippen molar-refractivity contribution in [2.24, 2.45) is 0 Å². The molecule has 5 nitrogen and oxygen atoms in total. The third kappa shape index (κ3) is 2.87. The number of nitrogens with zero attached hydrogens (tertiary/aromatic N) is 2. The van der Waals surface area contributed by atoms with Crippen LogP contribution in [0.3, 0.4) is 0 Å². The number of nitrogens with one attached hydrogen (secondary N) is 2. The van der Waals surface area contributed by atoms with Gasteiger partial charge in [0.2, 0.25) is 0 Å². The molecule has 0 radical (unpaired) electrons. The van der Waals surface area contributed by atoms with Crippen molar-refractivity contribution in [2.75, 3.05) is 7.11 Å². The highest BCUT2D eigenvalue weighted by molar-refractivity contribution is 5.45. The van der Waals surface area contributed by atoms with E-state index >= 15 is 0 Å². The first-order valence-electron chi connectivity index (χ1n) is 5.58. The van der Waals surface area contributed by atoms with Crippen LogP contribution in [0, 0.1) is 11.3 Å². The van der Waals surface area contributed by atoms with E-state index in [1.165, 1.54) is 0 Å². The van der Waals surface area contributed by atoms with Gasteiger partial charge in [-0.1, -0.05) is 6.07 Å². The Labute approximate surface area is 105 Å². The third-order valence-corrected chi connectivity index (χ3v) is 2.58. The van der Waals surface area contributed by atoms with Crippen LogP contribution in [0.1, 0.15) is 16.8 Å². The summed E-state index contributed by atoms with van der Waals surface area (Å²) in [7, 11) is 1.56. The van der Waals surface area contributed by atoms with E-state index in [9.17, 15) is 0 Å². The van der Waals surface area contributed by atoms with E-state index in [2.05, 4.69) is 21.4 Å². The van der Waals surface area contributed by atoms with Crippen molar-refractivity contribution in [1.82, 2.24) is 15.3 Å². The molecule has 0 aliphatic carbocycles. The zero-order valence-corrected chi connectivity index (χ0v) is 10.1. The standard InChI is InChI=1S/C13H14N4O/c1-18-13-3-2-10(4-11(13)5-14)6-15-7-12-8-16-9-17-12/h2-4,8-9,15H,6-7H2,1H3,(H,16,17). The van der Waals surface area contributed by atoms with Crippen LogP contribution in [0.5, 0.6) is 5.75 Å². The predicted molar refractivity (Wildman–Crippen MR) is 66.8 cm³/mol. The van der Waals surface area contributed by atoms with Crippen molar-refractivity contribution in [3.8, 4) is 11.8 Å². The Morgan fingerprint density at radius 3 is 3.00 bits per heavy atom. The van der Waals surface area contributed by atoms with Gasteiger partial charge in [-0.05, 0) is 17.7 Å². The zero-order valence-electron chi connectivity index (χ0n) is 10.1. The van der Waals surface area contributed by atoms with Crippen LogP contribution in [-0.4, -0.2) is 17.1 Å². The van der Waals surface area contributed by atoms with E-state index in [0.29, 0.717) is 24.4 Å². The molecule has 5 heteroatoms. The van der Waals surface area contributed by atoms with Gasteiger partial charge in [-0.3, -0.25) is 0 Å². The fourth-order valence-corrected chi connectivity index (χ4v) is 1.68. The van der Waals surface area contributed by atoms with Gasteiger partial charge in [0.15, 0.2) is 0 Å². The molecule has 0 bridgehead atoms. The molecule has 2 aromatic rings. The maximum Gasteiger partial charge on any atom is 0.136 e. The third-order valence-electron chi connectivity index (χ3n) is 2.58. The number of nitriles is 1. The van der Waals surface area contributed by atoms with E-state index in [0.717, 1.165) is 11.3 Å². The number of methoxy groups -OCH3 is 1. The number of H-pyrrole nitrogens is 1. The van der Waals surface area contributed by atoms with Gasteiger partial charge in [-0.2, -0.15) is 5.26 Å². The summed E-state index contributed by atoms with van der Waals surface area (Å²) in [5.41, 5.74) is 2.63. The predicted octanol–water partition coefficient (Wildman–Crippen LogP) is 1.58. The van der Waals surface area contributed by atoms with E-state index in [1.807, 2.05) is 18.2 Å². The maximum absolute atomic E-state index is 8.99. The highest BCUT2D eigenvalue weighted by atomic mass is 16.5. The second-order valence-electron chi connectivity index (χ2n) is 3.83. The molecule has 0 aliphatic rings. The summed E-state index contributed by atoms with van der Waals surface area (Å²) >= 11 is 0. The summed E-state index contributed by atoms with van der Waals surface area (Å²) in [5.74, 6) is 0.606. The fourth-order valence-electron chi connectivity index (χ4n) is 1.68. The lowest BCUT2D eigenvalue weighted by Crippen LogP contribution is -2.13. The average molecular weight is 242 g/mol. The number of aromatic amines is 1. The van der Waals surface area contributed by atoms with E-state index in [4.69, 9.17) is 10.00 Å². The molecule has 2 N–H and O–H groups in total. The first kappa shape index (κ1) is 12.1. The quantitative estimate of drug-likeness (QED) is 0.834. The second kappa shape index (κ2) is 5.84. The van der Waals surface area contributed by atoms with Crippen LogP contribution in [0.15, 0.2) is 30.7 Å². The van der Waals surface area contributed by atoms with Crippen LogP contribution >= 0.6 is 0 Å². The molecule has 0 atom stereocenters. The lowest BCUT2D eigenvalue weighted by atomic mass is 10.1. The number of benzene rings is 1. The lowest BCUT2D eigenvalue weighted by molar-refractivity contribution is 0.413. The van der Waals surface area contributed by atoms with Crippen LogP contribution < -0.4 is 10.1 Å². The van der Waals surface area contributed by atoms with Crippen molar-refractivity contribution in [3.05, 3.63) is 47.5 Å². The summed E-state index contributed by atoms with van der Waals surface area (Å²) in [6.45, 7) is 1.41. The molecule has 0 amide bonds. The van der Waals surface area contributed by atoms with Crippen molar-refractivity contribution >= 4 is 0 Å². The van der Waals surface area contributed by atoms with Crippen molar-refractivity contribution in [2.45, 2.75) is 13.1 Å². The highest BCUT2D eigenvalue weighted by Crippen LogP contribution is 2.18. The number of rotatable bonds is 5. The van der Waals surface area contributed by atoms with E-state index in [1.54, 1.807) is 19.6 Å². The molecule has 0 spiro atoms. The number of hydrogen-bond acceptors (Lipinski definition) is 4. The molecule has 0 aliphatic heterocycles. The molecular weight excluding hydrogens is 228 g/mol. The molecule has 2 rings (SSSR count). The van der Waals surface area contributed by atoms with Crippen molar-refractivity contribution in [3.63, 3.8) is 0 Å². The summed E-state index contributed by atoms with van der Waals surface area (Å²) in [5, 5.41) is 12.3. The Kier molecular flexibility index (Phi) is 3.94. The minimum Gasteiger partial charge on any atom is -0.495 e. The molecule has 0 saturated carbocycles. The molecule has 18 heavy (non-hydrogen) atoms. The first-order valence-corrected chi connectivity index (χ1v) is 5.58. The van der Waals surface area contributed by atoms with Crippen LogP contribution in [0.2, 0.25) is 0 Å². The Balaban J connectivity index is 1.96. The molecule has 1 heterocycles. The van der Waals surface area contributed by atoms with Gasteiger partial charge in [0.25, 0.3) is 0 Å². The molecule has 1 aromatic heterocycles. The zero-order chi connectivity index (χ0) is 12.8. The van der Waals surface area contributed by atoms with Gasteiger partial charge < -0.3 is 15.0 Å². The largest absolute Gasteiger partial charge is 0.495 e. The SMILES string of the molecule is COc1ccc(CNCc2cnc[nH]2)cc1C#N. The summed E-state index contributed by atoms with van der Waals surface area (Å²) in [6, 6.07) is 7.71. The summed E-state index contributed by atoms with van der Waals surface area (Å²) < 4.78 is 5.10. The number of aromatic nitrogens is 2. The number of imidazole rings is 1. The maximum atomic E-state index is 8.99. The van der Waals surface area contributed by atoms with Gasteiger partial charge >= 0.3 is 0 Å². The van der Waals surface area contributed by atoms with Gasteiger partial charge in [0, 0.05) is 25.0 Å². The highest BCUT2D eigenvalue weighted by Gasteiger charge is 2.03. The van der Waals surface area contributed by atoms with Gasteiger partial charge in [0.05, 0.1) is 19.0 Å². The normalized spacial score (nSPS) is 10.0. The second-order valence-corrected chi connectivity index (χ2v) is 3.83. The Morgan fingerprint density at radius 2 is 2.33 bits per heavy atom. The molecule has 1 aromatic carbocycles. The first-order chi connectivity index (χ1) is 8.83. The number of hydrogen-bond donors (Lipinski definition) is 2. The minimum atomic E-state index is 0.554. The van der Waals surface area contributed by atoms with Gasteiger partial charge in [-0.15, -0.1) is 0 Å². The number of ether oxygens (including phenoxy) is 1. The van der Waals surface area contributed by atoms with E-state index in [-0.39, 0.29) is 0 Å². The molecule has 0 fully saturated rings. The monoisotopic (exact) mass is 242 g/mol. The Bertz CT molecular complexity index is 543. The van der Waals surface area contributed by atoms with E-state index < -0.39 is 0 Å². The van der Waals surface area contributed by atoms with Gasteiger partial charge in [0.1, 0.15) is 11.8 Å². The molecule has 0 unspecified atom stereocenters. The Morgan fingerprint density at radius 1 is 1.44 bits per heavy atom. The topological polar surface area (TPSA) is 73.7 Å². The van der Waals surface area contributed by atoms with Gasteiger partial charge in [-0.25, -0.2) is 4.98 Å². The molecular formula is C13H14N4O. The van der Waals surface area contributed by atoms with Crippen molar-refractivity contribution in [1.29, 1.82) is 5.26 Å². The lowest BCUT2D eigenvalue weighted by Gasteiger charge is -2.06. The molecule has 0 saturated heterocycles. The fraction of sp³-hybridized carbons (Fsp3) is 0.231. The van der Waals surface area contributed by atoms with Crippen LogP contribution in [-0.2, 0) is 13.1 Å².